The van der Waals surface area contributed by atoms with Crippen LogP contribution in [0, 0.1) is 12.3 Å². The molecule has 0 amide bonds. The standard InChI is InChI=1S/C27H40O4/c1-22-18-23(10-6-2-4-8-12-26(14-15-26)25(29)30)20-24(19-22)11-7-3-5-9-13-27(16-17-27)31-21-28/h18-21H,2-17H2,1H3,(H,29,30). The molecule has 0 atom stereocenters. The van der Waals surface area contributed by atoms with E-state index >= 15 is 0 Å². The SMILES string of the molecule is Cc1cc(CCCCCCC2(OC=O)CC2)cc(CCCCCCC2(C(=O)O)CC2)c1. The van der Waals surface area contributed by atoms with Crippen molar-refractivity contribution >= 4 is 12.4 Å². The van der Waals surface area contributed by atoms with Crippen molar-refractivity contribution in [2.75, 3.05) is 0 Å². The monoisotopic (exact) mass is 428 g/mol. The van der Waals surface area contributed by atoms with Gasteiger partial charge in [-0.25, -0.2) is 0 Å². The Hall–Kier alpha value is -1.84. The average Bonchev–Trinajstić information content (AvgIpc) is 3.64. The number of aliphatic carboxylic acids is 1. The molecule has 2 fully saturated rings. The molecule has 3 rings (SSSR count). The maximum absolute atomic E-state index is 11.2. The van der Waals surface area contributed by atoms with E-state index < -0.39 is 5.97 Å². The lowest BCUT2D eigenvalue weighted by Gasteiger charge is -2.12. The third-order valence-corrected chi connectivity index (χ3v) is 7.33. The second kappa shape index (κ2) is 11.2. The van der Waals surface area contributed by atoms with Gasteiger partial charge in [0.05, 0.1) is 5.41 Å². The van der Waals surface area contributed by atoms with Gasteiger partial charge in [-0.2, -0.15) is 0 Å². The van der Waals surface area contributed by atoms with Crippen molar-refractivity contribution in [2.45, 2.75) is 115 Å². The summed E-state index contributed by atoms with van der Waals surface area (Å²) in [6.45, 7) is 2.81. The van der Waals surface area contributed by atoms with Crippen molar-refractivity contribution in [2.24, 2.45) is 5.41 Å². The van der Waals surface area contributed by atoms with E-state index in [-0.39, 0.29) is 11.0 Å². The number of carbonyl (C=O) groups excluding carboxylic acids is 1. The molecule has 0 spiro atoms. The number of carbonyl (C=O) groups is 2. The molecule has 0 unspecified atom stereocenters. The Kier molecular flexibility index (Phi) is 8.57. The van der Waals surface area contributed by atoms with Crippen LogP contribution < -0.4 is 0 Å². The maximum Gasteiger partial charge on any atom is 0.309 e. The summed E-state index contributed by atoms with van der Waals surface area (Å²) in [5.74, 6) is -0.585. The zero-order valence-corrected chi connectivity index (χ0v) is 19.3. The van der Waals surface area contributed by atoms with E-state index in [2.05, 4.69) is 25.1 Å². The molecule has 1 aromatic rings. The number of ether oxygens (including phenoxy) is 1. The number of hydrogen-bond acceptors (Lipinski definition) is 3. The zero-order chi connectivity index (χ0) is 22.2. The van der Waals surface area contributed by atoms with Gasteiger partial charge < -0.3 is 9.84 Å². The van der Waals surface area contributed by atoms with Gasteiger partial charge in [0.2, 0.25) is 0 Å². The Morgan fingerprint density at radius 3 is 1.90 bits per heavy atom. The highest BCUT2D eigenvalue weighted by Gasteiger charge is 2.49. The van der Waals surface area contributed by atoms with Gasteiger partial charge in [0.15, 0.2) is 0 Å². The first-order chi connectivity index (χ1) is 15.0. The van der Waals surface area contributed by atoms with Crippen LogP contribution in [0.4, 0.5) is 0 Å². The summed E-state index contributed by atoms with van der Waals surface area (Å²) >= 11 is 0. The van der Waals surface area contributed by atoms with Crippen LogP contribution in [0.5, 0.6) is 0 Å². The summed E-state index contributed by atoms with van der Waals surface area (Å²) in [7, 11) is 0. The predicted octanol–water partition coefficient (Wildman–Crippen LogP) is 6.55. The van der Waals surface area contributed by atoms with Gasteiger partial charge in [-0.3, -0.25) is 9.59 Å². The summed E-state index contributed by atoms with van der Waals surface area (Å²) in [5, 5.41) is 9.25. The smallest absolute Gasteiger partial charge is 0.309 e. The molecule has 1 aromatic carbocycles. The van der Waals surface area contributed by atoms with Crippen LogP contribution >= 0.6 is 0 Å². The third kappa shape index (κ3) is 7.66. The van der Waals surface area contributed by atoms with Gasteiger partial charge in [-0.15, -0.1) is 0 Å². The minimum Gasteiger partial charge on any atom is -0.481 e. The second-order valence-corrected chi connectivity index (χ2v) is 10.1. The molecule has 0 aliphatic heterocycles. The average molecular weight is 429 g/mol. The molecule has 0 heterocycles. The van der Waals surface area contributed by atoms with Crippen molar-refractivity contribution in [1.29, 1.82) is 0 Å². The molecule has 0 bridgehead atoms. The highest BCUT2D eigenvalue weighted by atomic mass is 16.5. The van der Waals surface area contributed by atoms with Crippen LogP contribution in [0.3, 0.4) is 0 Å². The molecule has 2 saturated carbocycles. The quantitative estimate of drug-likeness (QED) is 0.226. The minimum absolute atomic E-state index is 0.0945. The van der Waals surface area contributed by atoms with Crippen molar-refractivity contribution in [3.05, 3.63) is 34.9 Å². The summed E-state index contributed by atoms with van der Waals surface area (Å²) in [4.78, 5) is 21.8. The molecule has 2 aliphatic rings. The Balaban J connectivity index is 1.27. The fraction of sp³-hybridized carbons (Fsp3) is 0.704. The number of carboxylic acids is 1. The van der Waals surface area contributed by atoms with E-state index in [0.29, 0.717) is 6.47 Å². The maximum atomic E-state index is 11.2. The fourth-order valence-electron chi connectivity index (χ4n) is 4.90. The molecule has 31 heavy (non-hydrogen) atoms. The Bertz CT molecular complexity index is 731. The Morgan fingerprint density at radius 1 is 0.871 bits per heavy atom. The highest BCUT2D eigenvalue weighted by Crippen LogP contribution is 2.50. The lowest BCUT2D eigenvalue weighted by Crippen LogP contribution is -2.14. The molecule has 0 aromatic heterocycles. The van der Waals surface area contributed by atoms with Crippen LogP contribution in [0.25, 0.3) is 0 Å². The summed E-state index contributed by atoms with van der Waals surface area (Å²) in [6, 6.07) is 7.02. The van der Waals surface area contributed by atoms with E-state index in [0.717, 1.165) is 70.6 Å². The van der Waals surface area contributed by atoms with Gasteiger partial charge >= 0.3 is 5.97 Å². The predicted molar refractivity (Wildman–Crippen MR) is 123 cm³/mol. The first-order valence-electron chi connectivity index (χ1n) is 12.4. The summed E-state index contributed by atoms with van der Waals surface area (Å²) < 4.78 is 5.22. The van der Waals surface area contributed by atoms with Crippen molar-refractivity contribution < 1.29 is 19.4 Å². The van der Waals surface area contributed by atoms with Crippen molar-refractivity contribution in [1.82, 2.24) is 0 Å². The molecular weight excluding hydrogens is 388 g/mol. The third-order valence-electron chi connectivity index (χ3n) is 7.33. The van der Waals surface area contributed by atoms with E-state index in [1.165, 1.54) is 48.8 Å². The second-order valence-electron chi connectivity index (χ2n) is 10.1. The lowest BCUT2D eigenvalue weighted by molar-refractivity contribution is -0.143. The van der Waals surface area contributed by atoms with Gasteiger partial charge in [-0.05, 0) is 88.7 Å². The fourth-order valence-corrected chi connectivity index (χ4v) is 4.90. The van der Waals surface area contributed by atoms with Crippen LogP contribution in [0.15, 0.2) is 18.2 Å². The van der Waals surface area contributed by atoms with E-state index in [1.807, 2.05) is 0 Å². The molecule has 2 aliphatic carbocycles. The number of rotatable bonds is 17. The van der Waals surface area contributed by atoms with E-state index in [9.17, 15) is 14.7 Å². The molecule has 172 valence electrons. The molecule has 4 heteroatoms. The van der Waals surface area contributed by atoms with Crippen molar-refractivity contribution in [3.8, 4) is 0 Å². The van der Waals surface area contributed by atoms with E-state index in [4.69, 9.17) is 4.74 Å². The first-order valence-corrected chi connectivity index (χ1v) is 12.4. The van der Waals surface area contributed by atoms with Crippen LogP contribution in [0.1, 0.15) is 107 Å². The summed E-state index contributed by atoms with van der Waals surface area (Å²) in [5.41, 5.74) is 3.80. The molecule has 0 saturated heterocycles. The lowest BCUT2D eigenvalue weighted by atomic mass is 9.96. The summed E-state index contributed by atoms with van der Waals surface area (Å²) in [6.07, 6.45) is 17.4. The number of aryl methyl sites for hydroxylation is 3. The van der Waals surface area contributed by atoms with E-state index in [1.54, 1.807) is 0 Å². The highest BCUT2D eigenvalue weighted by molar-refractivity contribution is 5.77. The number of hydrogen-bond donors (Lipinski definition) is 1. The zero-order valence-electron chi connectivity index (χ0n) is 19.3. The molecular formula is C27H40O4. The minimum atomic E-state index is -0.585. The molecule has 1 N–H and O–H groups in total. The number of unbranched alkanes of at least 4 members (excludes halogenated alkanes) is 6. The Labute approximate surface area is 187 Å². The van der Waals surface area contributed by atoms with Crippen LogP contribution in [-0.2, 0) is 27.2 Å². The molecule has 4 nitrogen and oxygen atoms in total. The van der Waals surface area contributed by atoms with Crippen LogP contribution in [-0.4, -0.2) is 23.1 Å². The van der Waals surface area contributed by atoms with Gasteiger partial charge in [0.1, 0.15) is 5.60 Å². The number of carboxylic acid groups (broad SMARTS) is 1. The topological polar surface area (TPSA) is 63.6 Å². The number of benzene rings is 1. The van der Waals surface area contributed by atoms with Gasteiger partial charge in [0.25, 0.3) is 6.47 Å². The van der Waals surface area contributed by atoms with Crippen LogP contribution in [0.2, 0.25) is 0 Å². The normalized spacial score (nSPS) is 17.8. The largest absolute Gasteiger partial charge is 0.481 e. The Morgan fingerprint density at radius 2 is 1.42 bits per heavy atom. The first kappa shape index (κ1) is 23.8. The molecule has 0 radical (unpaired) electrons. The van der Waals surface area contributed by atoms with Gasteiger partial charge in [0, 0.05) is 0 Å². The van der Waals surface area contributed by atoms with Crippen molar-refractivity contribution in [3.63, 3.8) is 0 Å². The van der Waals surface area contributed by atoms with Gasteiger partial charge in [-0.1, -0.05) is 55.9 Å².